The van der Waals surface area contributed by atoms with Crippen molar-refractivity contribution in [2.75, 3.05) is 12.3 Å². The lowest BCUT2D eigenvalue weighted by Gasteiger charge is -2.07. The van der Waals surface area contributed by atoms with E-state index in [9.17, 15) is 13.6 Å². The van der Waals surface area contributed by atoms with Gasteiger partial charge in [-0.05, 0) is 55.5 Å². The van der Waals surface area contributed by atoms with Crippen LogP contribution < -0.4 is 5.32 Å². The van der Waals surface area contributed by atoms with Crippen LogP contribution in [0.25, 0.3) is 11.3 Å². The summed E-state index contributed by atoms with van der Waals surface area (Å²) in [5.74, 6) is -0.218. The van der Waals surface area contributed by atoms with Crippen LogP contribution in [0.3, 0.4) is 0 Å². The average molecular weight is 423 g/mol. The van der Waals surface area contributed by atoms with Crippen LogP contribution in [0.4, 0.5) is 8.78 Å². The van der Waals surface area contributed by atoms with Crippen LogP contribution in [0, 0.1) is 18.6 Å². The fourth-order valence-electron chi connectivity index (χ4n) is 2.62. The van der Waals surface area contributed by atoms with Crippen molar-refractivity contribution in [2.45, 2.75) is 18.2 Å². The lowest BCUT2D eigenvalue weighted by Crippen LogP contribution is -2.25. The molecule has 0 unspecified atom stereocenters. The first kappa shape index (κ1) is 20.4. The summed E-state index contributed by atoms with van der Waals surface area (Å²) in [4.78, 5) is 13.5. The number of aryl methyl sites for hydroxylation is 1. The number of amides is 1. The summed E-state index contributed by atoms with van der Waals surface area (Å²) in [6.07, 6.45) is 0.702. The number of rotatable bonds is 7. The molecule has 4 nitrogen and oxygen atoms in total. The van der Waals surface area contributed by atoms with Gasteiger partial charge in [-0.25, -0.2) is 8.78 Å². The first-order valence-corrected chi connectivity index (χ1v) is 9.91. The Hall–Kier alpha value is -2.38. The number of halogens is 3. The van der Waals surface area contributed by atoms with E-state index in [4.69, 9.17) is 16.1 Å². The third kappa shape index (κ3) is 4.72. The van der Waals surface area contributed by atoms with Gasteiger partial charge in [0.25, 0.3) is 5.91 Å². The molecule has 0 atom stereocenters. The number of thioether (sulfide) groups is 1. The second-order valence-corrected chi connectivity index (χ2v) is 7.55. The molecule has 2 aromatic carbocycles. The van der Waals surface area contributed by atoms with E-state index < -0.39 is 11.7 Å². The number of benzene rings is 2. The average Bonchev–Trinajstić information content (AvgIpc) is 3.04. The summed E-state index contributed by atoms with van der Waals surface area (Å²) in [5.41, 5.74) is 0.287. The van der Waals surface area contributed by atoms with Crippen molar-refractivity contribution < 1.29 is 18.1 Å². The highest BCUT2D eigenvalue weighted by Gasteiger charge is 2.25. The van der Waals surface area contributed by atoms with Gasteiger partial charge in [0.2, 0.25) is 0 Å². The van der Waals surface area contributed by atoms with Crippen molar-refractivity contribution in [3.8, 4) is 11.3 Å². The zero-order valence-corrected chi connectivity index (χ0v) is 16.5. The normalized spacial score (nSPS) is 10.9. The highest BCUT2D eigenvalue weighted by atomic mass is 35.5. The molecule has 146 valence electrons. The van der Waals surface area contributed by atoms with E-state index >= 15 is 0 Å². The van der Waals surface area contributed by atoms with Crippen LogP contribution in [0.5, 0.6) is 0 Å². The SMILES string of the molecule is Cc1onc(-c2c(F)cccc2Cl)c1C(=O)NCCCSc1ccc(F)cc1. The highest BCUT2D eigenvalue weighted by molar-refractivity contribution is 7.99. The topological polar surface area (TPSA) is 55.1 Å². The summed E-state index contributed by atoms with van der Waals surface area (Å²) in [5, 5.41) is 6.77. The number of aromatic nitrogens is 1. The zero-order chi connectivity index (χ0) is 20.1. The van der Waals surface area contributed by atoms with E-state index in [1.807, 2.05) is 0 Å². The maximum absolute atomic E-state index is 14.2. The van der Waals surface area contributed by atoms with Crippen LogP contribution >= 0.6 is 23.4 Å². The van der Waals surface area contributed by atoms with Crippen LogP contribution in [-0.4, -0.2) is 23.4 Å². The smallest absolute Gasteiger partial charge is 0.257 e. The van der Waals surface area contributed by atoms with E-state index in [-0.39, 0.29) is 33.4 Å². The number of hydrogen-bond acceptors (Lipinski definition) is 4. The minimum Gasteiger partial charge on any atom is -0.360 e. The van der Waals surface area contributed by atoms with E-state index in [0.717, 1.165) is 10.6 Å². The molecule has 3 aromatic rings. The predicted octanol–water partition coefficient (Wildman–Crippen LogP) is 5.49. The third-order valence-corrected chi connectivity index (χ3v) is 5.39. The second kappa shape index (κ2) is 9.21. The summed E-state index contributed by atoms with van der Waals surface area (Å²) in [7, 11) is 0. The van der Waals surface area contributed by atoms with Gasteiger partial charge in [-0.1, -0.05) is 22.8 Å². The lowest BCUT2D eigenvalue weighted by molar-refractivity contribution is 0.0953. The van der Waals surface area contributed by atoms with E-state index in [2.05, 4.69) is 10.5 Å². The Labute approximate surface area is 170 Å². The molecule has 0 radical (unpaired) electrons. The second-order valence-electron chi connectivity index (χ2n) is 5.97. The first-order valence-electron chi connectivity index (χ1n) is 8.54. The fraction of sp³-hybridized carbons (Fsp3) is 0.200. The molecule has 0 aliphatic carbocycles. The number of carbonyl (C=O) groups is 1. The van der Waals surface area contributed by atoms with Gasteiger partial charge in [-0.2, -0.15) is 0 Å². The number of hydrogen-bond donors (Lipinski definition) is 1. The van der Waals surface area contributed by atoms with Crippen molar-refractivity contribution >= 4 is 29.3 Å². The molecule has 0 saturated carbocycles. The van der Waals surface area contributed by atoms with Crippen LogP contribution in [0.1, 0.15) is 22.5 Å². The molecule has 0 saturated heterocycles. The summed E-state index contributed by atoms with van der Waals surface area (Å²) in [6, 6.07) is 10.5. The molecule has 1 N–H and O–H groups in total. The standard InChI is InChI=1S/C20H17ClF2N2O2S/c1-12-17(19(25-27-12)18-15(21)4-2-5-16(18)23)20(26)24-10-3-11-28-14-8-6-13(22)7-9-14/h2,4-9H,3,10-11H2,1H3,(H,24,26). The molecule has 0 spiro atoms. The van der Waals surface area contributed by atoms with Gasteiger partial charge >= 0.3 is 0 Å². The Kier molecular flexibility index (Phi) is 6.70. The Balaban J connectivity index is 1.61. The molecule has 1 aromatic heterocycles. The van der Waals surface area contributed by atoms with Gasteiger partial charge in [0, 0.05) is 11.4 Å². The predicted molar refractivity (Wildman–Crippen MR) is 106 cm³/mol. The monoisotopic (exact) mass is 422 g/mol. The molecule has 8 heteroatoms. The molecule has 0 aliphatic heterocycles. The van der Waals surface area contributed by atoms with Crippen LogP contribution in [0.2, 0.25) is 5.02 Å². The van der Waals surface area contributed by atoms with Crippen molar-refractivity contribution in [2.24, 2.45) is 0 Å². The lowest BCUT2D eigenvalue weighted by atomic mass is 10.0. The molecule has 1 amide bonds. The first-order chi connectivity index (χ1) is 13.5. The Bertz CT molecular complexity index is 957. The molecular weight excluding hydrogens is 406 g/mol. The molecule has 3 rings (SSSR count). The fourth-order valence-corrected chi connectivity index (χ4v) is 3.72. The summed E-state index contributed by atoms with van der Waals surface area (Å²) >= 11 is 7.65. The minimum absolute atomic E-state index is 0.0398. The van der Waals surface area contributed by atoms with Gasteiger partial charge in [-0.3, -0.25) is 4.79 Å². The van der Waals surface area contributed by atoms with Gasteiger partial charge in [0.1, 0.15) is 28.7 Å². The highest BCUT2D eigenvalue weighted by Crippen LogP contribution is 2.33. The number of nitrogens with one attached hydrogen (secondary N) is 1. The Morgan fingerprint density at radius 2 is 1.96 bits per heavy atom. The Morgan fingerprint density at radius 3 is 2.68 bits per heavy atom. The van der Waals surface area contributed by atoms with Crippen molar-refractivity contribution in [1.82, 2.24) is 10.5 Å². The van der Waals surface area contributed by atoms with Gasteiger partial charge in [0.15, 0.2) is 0 Å². The van der Waals surface area contributed by atoms with Crippen LogP contribution in [0.15, 0.2) is 51.9 Å². The Morgan fingerprint density at radius 1 is 1.21 bits per heavy atom. The zero-order valence-electron chi connectivity index (χ0n) is 15.0. The molecule has 0 bridgehead atoms. The van der Waals surface area contributed by atoms with E-state index in [1.165, 1.54) is 30.3 Å². The minimum atomic E-state index is -0.578. The molecular formula is C20H17ClF2N2O2S. The largest absolute Gasteiger partial charge is 0.360 e. The molecule has 0 aliphatic rings. The van der Waals surface area contributed by atoms with Crippen molar-refractivity contribution in [1.29, 1.82) is 0 Å². The van der Waals surface area contributed by atoms with E-state index in [1.54, 1.807) is 30.8 Å². The number of carbonyl (C=O) groups excluding carboxylic acids is 1. The molecule has 28 heavy (non-hydrogen) atoms. The maximum atomic E-state index is 14.2. The van der Waals surface area contributed by atoms with Gasteiger partial charge in [-0.15, -0.1) is 11.8 Å². The third-order valence-electron chi connectivity index (χ3n) is 3.98. The summed E-state index contributed by atoms with van der Waals surface area (Å²) < 4.78 is 32.2. The molecule has 0 fully saturated rings. The van der Waals surface area contributed by atoms with Gasteiger partial charge < -0.3 is 9.84 Å². The van der Waals surface area contributed by atoms with E-state index in [0.29, 0.717) is 13.0 Å². The van der Waals surface area contributed by atoms with Crippen molar-refractivity contribution in [3.63, 3.8) is 0 Å². The quantitative estimate of drug-likeness (QED) is 0.404. The summed E-state index contributed by atoms with van der Waals surface area (Å²) in [6.45, 7) is 2.01. The molecule has 1 heterocycles. The maximum Gasteiger partial charge on any atom is 0.257 e. The van der Waals surface area contributed by atoms with Crippen molar-refractivity contribution in [3.05, 3.63) is 70.4 Å². The van der Waals surface area contributed by atoms with Gasteiger partial charge in [0.05, 0.1) is 10.6 Å². The van der Waals surface area contributed by atoms with Crippen LogP contribution in [-0.2, 0) is 0 Å². The number of nitrogens with zero attached hydrogens (tertiary/aromatic N) is 1.